The van der Waals surface area contributed by atoms with E-state index in [1.165, 1.54) is 63.9 Å². The van der Waals surface area contributed by atoms with E-state index < -0.39 is 0 Å². The Kier molecular flexibility index (Phi) is 11.4. The first-order chi connectivity index (χ1) is 11.6. The molecule has 24 heavy (non-hydrogen) atoms. The van der Waals surface area contributed by atoms with Gasteiger partial charge in [-0.05, 0) is 43.9 Å². The van der Waals surface area contributed by atoms with E-state index in [1.54, 1.807) is 12.1 Å². The molecule has 3 nitrogen and oxygen atoms in total. The molecule has 1 atom stereocenters. The zero-order chi connectivity index (χ0) is 17.6. The number of rotatable bonds is 14. The Bertz CT molecular complexity index is 409. The molecule has 0 fully saturated rings. The van der Waals surface area contributed by atoms with Gasteiger partial charge in [-0.15, -0.1) is 0 Å². The summed E-state index contributed by atoms with van der Waals surface area (Å²) in [5.74, 6) is 0.298. The minimum atomic E-state index is -0.136. The second kappa shape index (κ2) is 13.1. The molecule has 0 aliphatic rings. The van der Waals surface area contributed by atoms with E-state index in [2.05, 4.69) is 0 Å². The lowest BCUT2D eigenvalue weighted by Gasteiger charge is -2.05. The predicted octanol–water partition coefficient (Wildman–Crippen LogP) is 5.70. The highest BCUT2D eigenvalue weighted by molar-refractivity contribution is 5.36. The second-order valence-corrected chi connectivity index (χ2v) is 7.13. The van der Waals surface area contributed by atoms with Gasteiger partial charge in [0, 0.05) is 6.07 Å². The topological polar surface area (TPSA) is 60.7 Å². The van der Waals surface area contributed by atoms with Crippen LogP contribution in [0.25, 0.3) is 0 Å². The van der Waals surface area contributed by atoms with E-state index in [1.807, 2.05) is 6.92 Å². The minimum absolute atomic E-state index is 0.136. The van der Waals surface area contributed by atoms with Crippen molar-refractivity contribution in [1.82, 2.24) is 0 Å². The summed E-state index contributed by atoms with van der Waals surface area (Å²) >= 11 is 0. The van der Waals surface area contributed by atoms with Crippen LogP contribution in [0.2, 0.25) is 0 Å². The number of unbranched alkanes of at least 4 members (excludes halogenated alkanes) is 10. The van der Waals surface area contributed by atoms with Crippen LogP contribution in [0.1, 0.15) is 89.5 Å². The number of hydrogen-bond acceptors (Lipinski definition) is 3. The number of aryl methyl sites for hydroxylation is 1. The fourth-order valence-electron chi connectivity index (χ4n) is 3.16. The van der Waals surface area contributed by atoms with E-state index >= 15 is 0 Å². The van der Waals surface area contributed by atoms with Gasteiger partial charge in [0.2, 0.25) is 0 Å². The van der Waals surface area contributed by atoms with Crippen molar-refractivity contribution in [1.29, 1.82) is 0 Å². The highest BCUT2D eigenvalue weighted by atomic mass is 16.3. The smallest absolute Gasteiger partial charge is 0.119 e. The standard InChI is InChI=1S/C21H36O3/c1-18(22)13-11-9-7-5-3-2-4-6-8-10-12-14-19-15-20(23)17-21(24)16-19/h15-18,22-24H,2-14H2,1H3/t18-/m0/s1. The Morgan fingerprint density at radius 2 is 1.08 bits per heavy atom. The molecule has 0 spiro atoms. The summed E-state index contributed by atoms with van der Waals surface area (Å²) in [6, 6.07) is 4.85. The number of phenolic OH excluding ortho intramolecular Hbond substituents is 2. The number of phenols is 2. The lowest BCUT2D eigenvalue weighted by atomic mass is 10.0. The summed E-state index contributed by atoms with van der Waals surface area (Å²) < 4.78 is 0. The average molecular weight is 337 g/mol. The maximum Gasteiger partial charge on any atom is 0.119 e. The van der Waals surface area contributed by atoms with Crippen molar-refractivity contribution in [3.05, 3.63) is 23.8 Å². The maximum atomic E-state index is 9.44. The van der Waals surface area contributed by atoms with Gasteiger partial charge in [0.05, 0.1) is 6.10 Å². The van der Waals surface area contributed by atoms with Crippen LogP contribution in [0.5, 0.6) is 11.5 Å². The van der Waals surface area contributed by atoms with Crippen molar-refractivity contribution in [2.75, 3.05) is 0 Å². The fourth-order valence-corrected chi connectivity index (χ4v) is 3.16. The number of hydrogen-bond donors (Lipinski definition) is 3. The van der Waals surface area contributed by atoms with Crippen LogP contribution in [0, 0.1) is 0 Å². The Hall–Kier alpha value is -1.22. The minimum Gasteiger partial charge on any atom is -0.508 e. The molecule has 1 aromatic carbocycles. The van der Waals surface area contributed by atoms with Crippen LogP contribution in [0.3, 0.4) is 0 Å². The highest BCUT2D eigenvalue weighted by Gasteiger charge is 2.00. The molecule has 3 N–H and O–H groups in total. The zero-order valence-electron chi connectivity index (χ0n) is 15.3. The molecular formula is C21H36O3. The van der Waals surface area contributed by atoms with Crippen molar-refractivity contribution in [3.63, 3.8) is 0 Å². The van der Waals surface area contributed by atoms with Crippen LogP contribution >= 0.6 is 0 Å². The van der Waals surface area contributed by atoms with Crippen LogP contribution in [-0.2, 0) is 6.42 Å². The molecule has 0 amide bonds. The van der Waals surface area contributed by atoms with Crippen LogP contribution in [-0.4, -0.2) is 21.4 Å². The van der Waals surface area contributed by atoms with Crippen LogP contribution in [0.4, 0.5) is 0 Å². The number of aromatic hydroxyl groups is 2. The number of aliphatic hydroxyl groups is 1. The summed E-state index contributed by atoms with van der Waals surface area (Å²) in [7, 11) is 0. The van der Waals surface area contributed by atoms with Gasteiger partial charge in [0.25, 0.3) is 0 Å². The Labute approximate surface area is 147 Å². The molecule has 0 heterocycles. The van der Waals surface area contributed by atoms with Crippen molar-refractivity contribution >= 4 is 0 Å². The van der Waals surface area contributed by atoms with Crippen LogP contribution < -0.4 is 0 Å². The monoisotopic (exact) mass is 336 g/mol. The van der Waals surface area contributed by atoms with Gasteiger partial charge in [-0.3, -0.25) is 0 Å². The molecule has 0 aliphatic heterocycles. The first kappa shape index (κ1) is 20.8. The molecule has 138 valence electrons. The summed E-state index contributed by atoms with van der Waals surface area (Å²) in [6.07, 6.45) is 15.7. The lowest BCUT2D eigenvalue weighted by molar-refractivity contribution is 0.180. The molecule has 0 aliphatic carbocycles. The summed E-state index contributed by atoms with van der Waals surface area (Å²) in [6.45, 7) is 1.87. The Morgan fingerprint density at radius 3 is 1.54 bits per heavy atom. The van der Waals surface area contributed by atoms with Crippen molar-refractivity contribution < 1.29 is 15.3 Å². The molecule has 0 unspecified atom stereocenters. The molecule has 0 radical (unpaired) electrons. The Morgan fingerprint density at radius 1 is 0.667 bits per heavy atom. The number of aliphatic hydroxyl groups excluding tert-OH is 1. The van der Waals surface area contributed by atoms with Crippen LogP contribution in [0.15, 0.2) is 18.2 Å². The first-order valence-electron chi connectivity index (χ1n) is 9.78. The van der Waals surface area contributed by atoms with E-state index in [0.717, 1.165) is 31.2 Å². The van der Waals surface area contributed by atoms with Crippen molar-refractivity contribution in [2.24, 2.45) is 0 Å². The SMILES string of the molecule is C[C@H](O)CCCCCCCCCCCCCc1cc(O)cc(O)c1. The maximum absolute atomic E-state index is 9.44. The number of benzene rings is 1. The van der Waals surface area contributed by atoms with Gasteiger partial charge < -0.3 is 15.3 Å². The second-order valence-electron chi connectivity index (χ2n) is 7.13. The molecule has 3 heteroatoms. The highest BCUT2D eigenvalue weighted by Crippen LogP contribution is 2.22. The van der Waals surface area contributed by atoms with Gasteiger partial charge in [0.15, 0.2) is 0 Å². The summed E-state index contributed by atoms with van der Waals surface area (Å²) in [5, 5.41) is 28.1. The summed E-state index contributed by atoms with van der Waals surface area (Å²) in [4.78, 5) is 0. The molecule has 0 saturated heterocycles. The molecule has 1 aromatic rings. The average Bonchev–Trinajstić information content (AvgIpc) is 2.50. The molecular weight excluding hydrogens is 300 g/mol. The summed E-state index contributed by atoms with van der Waals surface area (Å²) in [5.41, 5.74) is 1.02. The third kappa shape index (κ3) is 11.3. The van der Waals surface area contributed by atoms with Gasteiger partial charge in [-0.1, -0.05) is 64.2 Å². The third-order valence-corrected chi connectivity index (χ3v) is 4.55. The van der Waals surface area contributed by atoms with Crippen molar-refractivity contribution in [2.45, 2.75) is 96.5 Å². The quantitative estimate of drug-likeness (QED) is 0.382. The molecule has 0 bridgehead atoms. The fraction of sp³-hybridized carbons (Fsp3) is 0.714. The largest absolute Gasteiger partial charge is 0.508 e. The van der Waals surface area contributed by atoms with E-state index in [4.69, 9.17) is 0 Å². The Balaban J connectivity index is 1.85. The molecule has 0 saturated carbocycles. The molecule has 0 aromatic heterocycles. The van der Waals surface area contributed by atoms with E-state index in [0.29, 0.717) is 0 Å². The molecule has 1 rings (SSSR count). The van der Waals surface area contributed by atoms with E-state index in [-0.39, 0.29) is 17.6 Å². The normalized spacial score (nSPS) is 12.4. The van der Waals surface area contributed by atoms with Gasteiger partial charge in [-0.25, -0.2) is 0 Å². The predicted molar refractivity (Wildman–Crippen MR) is 101 cm³/mol. The first-order valence-corrected chi connectivity index (χ1v) is 9.78. The zero-order valence-corrected chi connectivity index (χ0v) is 15.3. The van der Waals surface area contributed by atoms with Gasteiger partial charge in [-0.2, -0.15) is 0 Å². The lowest BCUT2D eigenvalue weighted by Crippen LogP contribution is -1.98. The van der Waals surface area contributed by atoms with Gasteiger partial charge >= 0.3 is 0 Å². The third-order valence-electron chi connectivity index (χ3n) is 4.55. The van der Waals surface area contributed by atoms with Gasteiger partial charge in [0.1, 0.15) is 11.5 Å². The van der Waals surface area contributed by atoms with E-state index in [9.17, 15) is 15.3 Å². The van der Waals surface area contributed by atoms with Crippen molar-refractivity contribution in [3.8, 4) is 11.5 Å².